The summed E-state index contributed by atoms with van der Waals surface area (Å²) in [4.78, 5) is 37.9. The van der Waals surface area contributed by atoms with E-state index < -0.39 is 6.10 Å². The molecule has 3 heterocycles. The summed E-state index contributed by atoms with van der Waals surface area (Å²) in [5, 5.41) is 13.3. The number of aromatic nitrogens is 2. The van der Waals surface area contributed by atoms with Crippen molar-refractivity contribution in [1.29, 1.82) is 0 Å². The number of Topliss-reactive ketones (excluding diaryl/α,β-unsaturated/α-hetero) is 1. The average Bonchev–Trinajstić information content (AvgIpc) is 2.83. The van der Waals surface area contributed by atoms with Gasteiger partial charge in [0, 0.05) is 55.0 Å². The van der Waals surface area contributed by atoms with Crippen molar-refractivity contribution in [3.8, 4) is 17.1 Å². The molecule has 210 valence electrons. The molecule has 1 aromatic heterocycles. The van der Waals surface area contributed by atoms with Crippen LogP contribution in [0, 0.1) is 12.3 Å². The van der Waals surface area contributed by atoms with Gasteiger partial charge in [0.25, 0.3) is 0 Å². The van der Waals surface area contributed by atoms with Gasteiger partial charge in [0.15, 0.2) is 11.6 Å². The maximum atomic E-state index is 12.6. The second-order valence-electron chi connectivity index (χ2n) is 10.3. The maximum Gasteiger partial charge on any atom is 0.409 e. The number of hydrogen-bond donors (Lipinski definition) is 3. The van der Waals surface area contributed by atoms with Gasteiger partial charge < -0.3 is 35.4 Å². The van der Waals surface area contributed by atoms with Crippen LogP contribution >= 0.6 is 11.6 Å². The van der Waals surface area contributed by atoms with E-state index in [1.165, 1.54) is 14.0 Å². The van der Waals surface area contributed by atoms with E-state index in [0.717, 1.165) is 5.56 Å². The lowest BCUT2D eigenvalue weighted by molar-refractivity contribution is -0.111. The number of aliphatic hydroxyl groups is 1. The Bertz CT molecular complexity index is 1300. The smallest absolute Gasteiger partial charge is 0.409 e. The molecule has 0 bridgehead atoms. The Kier molecular flexibility index (Phi) is 8.34. The number of hydrogen-bond acceptors (Lipinski definition) is 10. The van der Waals surface area contributed by atoms with Crippen LogP contribution in [-0.2, 0) is 9.53 Å². The number of halogens is 1. The molecule has 39 heavy (non-hydrogen) atoms. The minimum absolute atomic E-state index is 0.0193. The molecule has 0 unspecified atom stereocenters. The molecule has 2 fully saturated rings. The number of nitrogens with two attached hydrogens (primary N) is 1. The highest BCUT2D eigenvalue weighted by molar-refractivity contribution is 6.33. The van der Waals surface area contributed by atoms with Gasteiger partial charge in [0.1, 0.15) is 24.3 Å². The highest BCUT2D eigenvalue weighted by atomic mass is 35.5. The Morgan fingerprint density at radius 1 is 1.23 bits per heavy atom. The number of ether oxygens (including phenoxy) is 2. The molecule has 4 rings (SSSR count). The van der Waals surface area contributed by atoms with Gasteiger partial charge in [-0.3, -0.25) is 4.79 Å². The zero-order valence-corrected chi connectivity index (χ0v) is 23.6. The number of anilines is 1. The number of likely N-dealkylation sites (N-methyl/N-ethyl adjacent to an activating group) is 1. The Morgan fingerprint density at radius 3 is 2.51 bits per heavy atom. The van der Waals surface area contributed by atoms with Crippen LogP contribution in [0.15, 0.2) is 23.9 Å². The molecule has 0 saturated carbocycles. The molecule has 12 heteroatoms. The summed E-state index contributed by atoms with van der Waals surface area (Å²) in [7, 11) is 3.13. The Morgan fingerprint density at radius 2 is 1.92 bits per heavy atom. The van der Waals surface area contributed by atoms with Crippen LogP contribution in [0.1, 0.15) is 25.1 Å². The lowest BCUT2D eigenvalue weighted by Gasteiger charge is -2.60. The standard InChI is InChI=1S/C27H35ClN6O5/c1-15-23(22(16(2)29)17(3)35)31-24(20-8-19(6-7-21(20)28)39-10-18(36)9-30-4)32-25(15)33-11-27(12-33)13-34(14-27)26(37)38-5/h6-8,18,30,36H,9-14,29H2,1-5H3/t18-/m1/s1. The molecule has 1 aromatic carbocycles. The third-order valence-corrected chi connectivity index (χ3v) is 7.33. The van der Waals surface area contributed by atoms with Crippen molar-refractivity contribution < 1.29 is 24.2 Å². The summed E-state index contributed by atoms with van der Waals surface area (Å²) in [5.74, 6) is 1.28. The second-order valence-corrected chi connectivity index (χ2v) is 10.7. The van der Waals surface area contributed by atoms with Crippen molar-refractivity contribution in [3.63, 3.8) is 0 Å². The molecule has 2 aliphatic rings. The Labute approximate surface area is 232 Å². The number of likely N-dealkylation sites (tertiary alicyclic amines) is 1. The van der Waals surface area contributed by atoms with Gasteiger partial charge in [0.05, 0.1) is 23.4 Å². The summed E-state index contributed by atoms with van der Waals surface area (Å²) in [6, 6.07) is 5.11. The number of nitrogens with zero attached hydrogens (tertiary/aromatic N) is 4. The number of amides is 1. The van der Waals surface area contributed by atoms with Gasteiger partial charge in [-0.25, -0.2) is 14.8 Å². The summed E-state index contributed by atoms with van der Waals surface area (Å²) >= 11 is 6.59. The van der Waals surface area contributed by atoms with Crippen molar-refractivity contribution >= 4 is 34.9 Å². The molecule has 4 N–H and O–H groups in total. The number of nitrogens with one attached hydrogen (secondary N) is 1. The van der Waals surface area contributed by atoms with Crippen molar-refractivity contribution in [2.24, 2.45) is 11.1 Å². The molecule has 11 nitrogen and oxygen atoms in total. The van der Waals surface area contributed by atoms with E-state index in [1.54, 1.807) is 37.1 Å². The van der Waals surface area contributed by atoms with Gasteiger partial charge in [-0.15, -0.1) is 0 Å². The van der Waals surface area contributed by atoms with E-state index in [4.69, 9.17) is 36.8 Å². The SMILES string of the molecule is CNC[C@@H](O)COc1ccc(Cl)c(-c2nc(C(C(C)=O)=C(C)N)c(C)c(N3CC4(CN(C(=O)OC)C4)C3)n2)c1. The van der Waals surface area contributed by atoms with Crippen molar-refractivity contribution in [2.45, 2.75) is 26.9 Å². The van der Waals surface area contributed by atoms with E-state index >= 15 is 0 Å². The molecule has 2 saturated heterocycles. The largest absolute Gasteiger partial charge is 0.491 e. The number of allylic oxidation sites excluding steroid dienone is 2. The van der Waals surface area contributed by atoms with Crippen LogP contribution in [0.5, 0.6) is 5.75 Å². The predicted molar refractivity (Wildman–Crippen MR) is 149 cm³/mol. The topological polar surface area (TPSA) is 143 Å². The van der Waals surface area contributed by atoms with E-state index in [9.17, 15) is 14.7 Å². The first kappa shape index (κ1) is 28.6. The fourth-order valence-corrected chi connectivity index (χ4v) is 5.40. The molecule has 2 aromatic rings. The zero-order valence-electron chi connectivity index (χ0n) is 22.9. The Balaban J connectivity index is 1.70. The molecule has 2 aliphatic heterocycles. The molecular formula is C27H35ClN6O5. The van der Waals surface area contributed by atoms with Crippen LogP contribution in [0.3, 0.4) is 0 Å². The number of aliphatic hydroxyl groups excluding tert-OH is 1. The third kappa shape index (κ3) is 5.80. The van der Waals surface area contributed by atoms with Crippen LogP contribution in [-0.4, -0.2) is 91.4 Å². The Hall–Kier alpha value is -3.41. The average molecular weight is 559 g/mol. The lowest BCUT2D eigenvalue weighted by atomic mass is 9.73. The van der Waals surface area contributed by atoms with Crippen LogP contribution in [0.25, 0.3) is 17.0 Å². The summed E-state index contributed by atoms with van der Waals surface area (Å²) in [6.07, 6.45) is -1.01. The first-order valence-corrected chi connectivity index (χ1v) is 13.1. The summed E-state index contributed by atoms with van der Waals surface area (Å²) in [6.45, 7) is 8.10. The number of methoxy groups -OCH3 is 1. The zero-order chi connectivity index (χ0) is 28.5. The van der Waals surface area contributed by atoms with Crippen LogP contribution in [0.2, 0.25) is 5.02 Å². The quantitative estimate of drug-likeness (QED) is 0.392. The van der Waals surface area contributed by atoms with Crippen LogP contribution in [0.4, 0.5) is 10.6 Å². The van der Waals surface area contributed by atoms with Crippen molar-refractivity contribution in [2.75, 3.05) is 58.4 Å². The first-order chi connectivity index (χ1) is 18.5. The van der Waals surface area contributed by atoms with E-state index in [1.807, 2.05) is 6.92 Å². The highest BCUT2D eigenvalue weighted by Crippen LogP contribution is 2.44. The molecular weight excluding hydrogens is 524 g/mol. The van der Waals surface area contributed by atoms with E-state index in [2.05, 4.69) is 10.2 Å². The molecule has 0 radical (unpaired) electrons. The number of ketones is 1. The van der Waals surface area contributed by atoms with Gasteiger partial charge in [-0.1, -0.05) is 11.6 Å². The van der Waals surface area contributed by atoms with Crippen LogP contribution < -0.4 is 20.7 Å². The fraction of sp³-hybridized carbons (Fsp3) is 0.481. The summed E-state index contributed by atoms with van der Waals surface area (Å²) in [5.41, 5.74) is 8.50. The van der Waals surface area contributed by atoms with Gasteiger partial charge in [-0.05, 0) is 46.0 Å². The monoisotopic (exact) mass is 558 g/mol. The lowest BCUT2D eigenvalue weighted by Crippen LogP contribution is -2.73. The summed E-state index contributed by atoms with van der Waals surface area (Å²) < 4.78 is 10.6. The fourth-order valence-electron chi connectivity index (χ4n) is 5.20. The molecule has 0 aliphatic carbocycles. The highest BCUT2D eigenvalue weighted by Gasteiger charge is 2.54. The second kappa shape index (κ2) is 11.4. The third-order valence-electron chi connectivity index (χ3n) is 7.00. The van der Waals surface area contributed by atoms with Crippen molar-refractivity contribution in [1.82, 2.24) is 20.2 Å². The number of carbonyl (C=O) groups excluding carboxylic acids is 2. The minimum Gasteiger partial charge on any atom is -0.491 e. The maximum absolute atomic E-state index is 12.6. The number of carbonyl (C=O) groups is 2. The van der Waals surface area contributed by atoms with E-state index in [0.29, 0.717) is 77.7 Å². The molecule has 1 spiro atoms. The van der Waals surface area contributed by atoms with Gasteiger partial charge >= 0.3 is 6.09 Å². The molecule has 1 amide bonds. The van der Waals surface area contributed by atoms with Gasteiger partial charge in [-0.2, -0.15) is 0 Å². The minimum atomic E-state index is -0.681. The predicted octanol–water partition coefficient (Wildman–Crippen LogP) is 2.23. The van der Waals surface area contributed by atoms with Gasteiger partial charge in [0.2, 0.25) is 0 Å². The molecule has 1 atom stereocenters. The van der Waals surface area contributed by atoms with Crippen molar-refractivity contribution in [3.05, 3.63) is 40.2 Å². The number of rotatable bonds is 9. The van der Waals surface area contributed by atoms with E-state index in [-0.39, 0.29) is 23.9 Å². The number of benzene rings is 1. The normalized spacial score (nSPS) is 17.2. The first-order valence-electron chi connectivity index (χ1n) is 12.7.